The number of halogens is 3. The molecule has 1 aromatic carbocycles. The second-order valence-corrected chi connectivity index (χ2v) is 6.00. The van der Waals surface area contributed by atoms with Crippen molar-refractivity contribution in [3.05, 3.63) is 47.2 Å². The van der Waals surface area contributed by atoms with Gasteiger partial charge >= 0.3 is 6.18 Å². The largest absolute Gasteiger partial charge is 0.416 e. The molecule has 0 aliphatic carbocycles. The summed E-state index contributed by atoms with van der Waals surface area (Å²) in [6.07, 6.45) is -2.58. The summed E-state index contributed by atoms with van der Waals surface area (Å²) < 4.78 is 38.6. The molecular formula is C17H19F3N4. The number of alkyl halides is 3. The van der Waals surface area contributed by atoms with E-state index in [1.807, 2.05) is 18.7 Å². The molecule has 0 radical (unpaired) electrons. The molecule has 0 amide bonds. The highest BCUT2D eigenvalue weighted by molar-refractivity contribution is 5.53. The minimum absolute atomic E-state index is 0.608. The molecule has 1 aliphatic heterocycles. The molecular weight excluding hydrogens is 317 g/mol. The van der Waals surface area contributed by atoms with E-state index in [0.717, 1.165) is 23.0 Å². The van der Waals surface area contributed by atoms with E-state index in [1.165, 1.54) is 12.1 Å². The molecule has 7 heteroatoms. The smallest absolute Gasteiger partial charge is 0.368 e. The van der Waals surface area contributed by atoms with Gasteiger partial charge in [0.05, 0.1) is 11.8 Å². The van der Waals surface area contributed by atoms with Gasteiger partial charge in [-0.2, -0.15) is 18.3 Å². The SMILES string of the molecule is Cc1cnnc(N2CCN(c3cccc(C(F)(F)F)c3)CC2)c1C. The lowest BCUT2D eigenvalue weighted by Crippen LogP contribution is -2.47. The predicted octanol–water partition coefficient (Wildman–Crippen LogP) is 3.44. The fraction of sp³-hybridized carbons (Fsp3) is 0.412. The van der Waals surface area contributed by atoms with E-state index < -0.39 is 11.7 Å². The fourth-order valence-corrected chi connectivity index (χ4v) is 2.87. The van der Waals surface area contributed by atoms with Crippen molar-refractivity contribution in [2.24, 2.45) is 0 Å². The maximum absolute atomic E-state index is 12.9. The average Bonchev–Trinajstić information content (AvgIpc) is 2.57. The molecule has 0 atom stereocenters. The molecule has 0 unspecified atom stereocenters. The summed E-state index contributed by atoms with van der Waals surface area (Å²) in [5.74, 6) is 0.860. The average molecular weight is 336 g/mol. The lowest BCUT2D eigenvalue weighted by atomic mass is 10.1. The quantitative estimate of drug-likeness (QED) is 0.841. The predicted molar refractivity (Wildman–Crippen MR) is 87.4 cm³/mol. The van der Waals surface area contributed by atoms with Crippen molar-refractivity contribution in [1.82, 2.24) is 10.2 Å². The van der Waals surface area contributed by atoms with Crippen molar-refractivity contribution < 1.29 is 13.2 Å². The second-order valence-electron chi connectivity index (χ2n) is 6.00. The van der Waals surface area contributed by atoms with Gasteiger partial charge in [0.2, 0.25) is 0 Å². The number of aryl methyl sites for hydroxylation is 1. The Morgan fingerprint density at radius 3 is 2.33 bits per heavy atom. The molecule has 1 aliphatic rings. The Balaban J connectivity index is 1.73. The van der Waals surface area contributed by atoms with Crippen LogP contribution in [0.4, 0.5) is 24.7 Å². The van der Waals surface area contributed by atoms with Gasteiger partial charge in [-0.25, -0.2) is 0 Å². The zero-order valence-corrected chi connectivity index (χ0v) is 13.6. The van der Waals surface area contributed by atoms with Crippen molar-refractivity contribution in [1.29, 1.82) is 0 Å². The van der Waals surface area contributed by atoms with E-state index in [0.29, 0.717) is 31.9 Å². The lowest BCUT2D eigenvalue weighted by Gasteiger charge is -2.37. The van der Waals surface area contributed by atoms with E-state index in [1.54, 1.807) is 12.3 Å². The normalized spacial score (nSPS) is 15.7. The van der Waals surface area contributed by atoms with Crippen LogP contribution in [-0.2, 0) is 6.18 Å². The molecule has 3 rings (SSSR count). The van der Waals surface area contributed by atoms with Crippen LogP contribution in [0.3, 0.4) is 0 Å². The third-order valence-corrected chi connectivity index (χ3v) is 4.45. The molecule has 1 aromatic heterocycles. The summed E-state index contributed by atoms with van der Waals surface area (Å²) in [5.41, 5.74) is 2.18. The minimum atomic E-state index is -4.31. The highest BCUT2D eigenvalue weighted by Crippen LogP contribution is 2.32. The molecule has 2 heterocycles. The van der Waals surface area contributed by atoms with Crippen molar-refractivity contribution in [2.75, 3.05) is 36.0 Å². The highest BCUT2D eigenvalue weighted by Gasteiger charge is 2.31. The Hall–Kier alpha value is -2.31. The Bertz CT molecular complexity index is 722. The van der Waals surface area contributed by atoms with Crippen LogP contribution in [0.1, 0.15) is 16.7 Å². The van der Waals surface area contributed by atoms with Gasteiger partial charge in [0.1, 0.15) is 0 Å². The number of aromatic nitrogens is 2. The van der Waals surface area contributed by atoms with Gasteiger partial charge < -0.3 is 9.80 Å². The van der Waals surface area contributed by atoms with Crippen LogP contribution in [0, 0.1) is 13.8 Å². The van der Waals surface area contributed by atoms with E-state index in [9.17, 15) is 13.2 Å². The van der Waals surface area contributed by atoms with Gasteiger partial charge in [0, 0.05) is 31.9 Å². The van der Waals surface area contributed by atoms with Gasteiger partial charge in [-0.3, -0.25) is 0 Å². The minimum Gasteiger partial charge on any atom is -0.368 e. The van der Waals surface area contributed by atoms with Gasteiger partial charge in [-0.1, -0.05) is 6.07 Å². The molecule has 0 bridgehead atoms. The van der Waals surface area contributed by atoms with E-state index in [4.69, 9.17) is 0 Å². The molecule has 128 valence electrons. The molecule has 4 nitrogen and oxygen atoms in total. The molecule has 0 spiro atoms. The van der Waals surface area contributed by atoms with Crippen LogP contribution >= 0.6 is 0 Å². The van der Waals surface area contributed by atoms with E-state index >= 15 is 0 Å². The lowest BCUT2D eigenvalue weighted by molar-refractivity contribution is -0.137. The first-order chi connectivity index (χ1) is 11.4. The molecule has 0 saturated carbocycles. The van der Waals surface area contributed by atoms with Crippen LogP contribution in [0.15, 0.2) is 30.5 Å². The first-order valence-corrected chi connectivity index (χ1v) is 7.82. The Morgan fingerprint density at radius 2 is 1.67 bits per heavy atom. The van der Waals surface area contributed by atoms with Crippen molar-refractivity contribution >= 4 is 11.5 Å². The van der Waals surface area contributed by atoms with E-state index in [2.05, 4.69) is 15.1 Å². The standard InChI is InChI=1S/C17H19F3N4/c1-12-11-21-22-16(13(12)2)24-8-6-23(7-9-24)15-5-3-4-14(10-15)17(18,19)20/h3-5,10-11H,6-9H2,1-2H3. The number of rotatable bonds is 2. The monoisotopic (exact) mass is 336 g/mol. The van der Waals surface area contributed by atoms with Crippen molar-refractivity contribution in [2.45, 2.75) is 20.0 Å². The van der Waals surface area contributed by atoms with Crippen LogP contribution < -0.4 is 9.80 Å². The maximum atomic E-state index is 12.9. The van der Waals surface area contributed by atoms with Gasteiger partial charge in [-0.05, 0) is 43.2 Å². The van der Waals surface area contributed by atoms with Crippen molar-refractivity contribution in [3.63, 3.8) is 0 Å². The van der Waals surface area contributed by atoms with E-state index in [-0.39, 0.29) is 0 Å². The van der Waals surface area contributed by atoms with Crippen molar-refractivity contribution in [3.8, 4) is 0 Å². The second kappa shape index (κ2) is 6.30. The highest BCUT2D eigenvalue weighted by atomic mass is 19.4. The number of benzene rings is 1. The van der Waals surface area contributed by atoms with Crippen LogP contribution in [-0.4, -0.2) is 36.4 Å². The molecule has 24 heavy (non-hydrogen) atoms. The summed E-state index contributed by atoms with van der Waals surface area (Å²) in [7, 11) is 0. The van der Waals surface area contributed by atoms with Gasteiger partial charge in [-0.15, -0.1) is 5.10 Å². The summed E-state index contributed by atoms with van der Waals surface area (Å²) >= 11 is 0. The van der Waals surface area contributed by atoms with Crippen LogP contribution in [0.2, 0.25) is 0 Å². The number of nitrogens with zero attached hydrogens (tertiary/aromatic N) is 4. The van der Waals surface area contributed by atoms with Gasteiger partial charge in [0.15, 0.2) is 5.82 Å². The first-order valence-electron chi connectivity index (χ1n) is 7.82. The molecule has 0 N–H and O–H groups in total. The fourth-order valence-electron chi connectivity index (χ4n) is 2.87. The Morgan fingerprint density at radius 1 is 1.00 bits per heavy atom. The zero-order chi connectivity index (χ0) is 17.3. The third kappa shape index (κ3) is 3.29. The Kier molecular flexibility index (Phi) is 4.34. The summed E-state index contributed by atoms with van der Waals surface area (Å²) in [6.45, 7) is 6.71. The van der Waals surface area contributed by atoms with Crippen LogP contribution in [0.5, 0.6) is 0 Å². The maximum Gasteiger partial charge on any atom is 0.416 e. The third-order valence-electron chi connectivity index (χ3n) is 4.45. The number of piperazine rings is 1. The number of hydrogen-bond acceptors (Lipinski definition) is 4. The molecule has 2 aromatic rings. The topological polar surface area (TPSA) is 32.3 Å². The summed E-state index contributed by atoms with van der Waals surface area (Å²) in [6, 6.07) is 5.50. The van der Waals surface area contributed by atoms with Crippen LogP contribution in [0.25, 0.3) is 0 Å². The first kappa shape index (κ1) is 16.5. The number of anilines is 2. The Labute approximate surface area is 138 Å². The number of hydrogen-bond donors (Lipinski definition) is 0. The van der Waals surface area contributed by atoms with Gasteiger partial charge in [0.25, 0.3) is 0 Å². The molecule has 1 fully saturated rings. The summed E-state index contributed by atoms with van der Waals surface area (Å²) in [4.78, 5) is 4.11. The summed E-state index contributed by atoms with van der Waals surface area (Å²) in [5, 5.41) is 8.22. The molecule has 1 saturated heterocycles. The zero-order valence-electron chi connectivity index (χ0n) is 13.6.